The first-order chi connectivity index (χ1) is 26.1. The lowest BCUT2D eigenvalue weighted by Gasteiger charge is -2.34. The van der Waals surface area contributed by atoms with E-state index in [1.54, 1.807) is 11.3 Å². The molecule has 0 atom stereocenters. The Balaban J connectivity index is 1.15. The Bertz CT molecular complexity index is 2870. The van der Waals surface area contributed by atoms with Crippen molar-refractivity contribution in [1.29, 1.82) is 0 Å². The zero-order chi connectivity index (χ0) is 35.5. The molecule has 0 saturated heterocycles. The number of imidazole rings is 1. The van der Waals surface area contributed by atoms with Crippen LogP contribution in [0.15, 0.2) is 175 Å². The van der Waals surface area contributed by atoms with Crippen molar-refractivity contribution in [3.05, 3.63) is 198 Å². The fourth-order valence-corrected chi connectivity index (χ4v) is 9.52. The standard InChI is InChI=1S/C49H35N3S/c1-32(26-27-50-2)33-20-23-40-41-24-21-36(30-44(41)49(43(40)29-33,38-14-5-3-6-15-38)39-16-7-4-8-17-39)34-12-11-13-35(28-34)37-22-25-46-51-47-42-18-9-10-19-45(42)53-48(47)52(46)31-37/h3-31H,1-2H3/b32-26+,50-27-. The molecule has 9 aromatic rings. The Hall–Kier alpha value is -6.36. The van der Waals surface area contributed by atoms with E-state index in [4.69, 9.17) is 4.98 Å². The van der Waals surface area contributed by atoms with Crippen LogP contribution in [-0.4, -0.2) is 22.6 Å². The minimum Gasteiger partial charge on any atom is -0.297 e. The molecule has 3 heterocycles. The second-order valence-electron chi connectivity index (χ2n) is 13.9. The summed E-state index contributed by atoms with van der Waals surface area (Å²) >= 11 is 1.80. The van der Waals surface area contributed by atoms with Crippen molar-refractivity contribution in [1.82, 2.24) is 9.38 Å². The molecule has 3 aromatic heterocycles. The maximum absolute atomic E-state index is 5.01. The summed E-state index contributed by atoms with van der Waals surface area (Å²) in [6.45, 7) is 2.17. The van der Waals surface area contributed by atoms with Crippen LogP contribution in [0.2, 0.25) is 0 Å². The maximum Gasteiger partial charge on any atom is 0.138 e. The number of hydrogen-bond donors (Lipinski definition) is 0. The number of hydrogen-bond acceptors (Lipinski definition) is 3. The highest BCUT2D eigenvalue weighted by Crippen LogP contribution is 2.57. The molecule has 53 heavy (non-hydrogen) atoms. The molecule has 0 fully saturated rings. The molecule has 4 heteroatoms. The average molecular weight is 698 g/mol. The van der Waals surface area contributed by atoms with Gasteiger partial charge in [0.1, 0.15) is 16.0 Å². The summed E-state index contributed by atoms with van der Waals surface area (Å²) in [5.74, 6) is 0. The minimum atomic E-state index is -0.502. The van der Waals surface area contributed by atoms with Gasteiger partial charge in [-0.05, 0) is 116 Å². The van der Waals surface area contributed by atoms with Crippen LogP contribution in [0.1, 0.15) is 34.7 Å². The van der Waals surface area contributed by atoms with E-state index in [9.17, 15) is 0 Å². The lowest BCUT2D eigenvalue weighted by molar-refractivity contribution is 0.768. The number of rotatable bonds is 6. The molecule has 6 aromatic carbocycles. The molecule has 0 unspecified atom stereocenters. The van der Waals surface area contributed by atoms with Crippen molar-refractivity contribution in [3.63, 3.8) is 0 Å². The van der Waals surface area contributed by atoms with Crippen LogP contribution in [-0.2, 0) is 5.41 Å². The van der Waals surface area contributed by atoms with Gasteiger partial charge >= 0.3 is 0 Å². The van der Waals surface area contributed by atoms with Crippen LogP contribution < -0.4 is 0 Å². The van der Waals surface area contributed by atoms with Crippen molar-refractivity contribution in [2.24, 2.45) is 4.99 Å². The highest BCUT2D eigenvalue weighted by atomic mass is 32.1. The van der Waals surface area contributed by atoms with Gasteiger partial charge in [-0.15, -0.1) is 11.3 Å². The Morgan fingerprint density at radius 2 is 1.28 bits per heavy atom. The van der Waals surface area contributed by atoms with Crippen molar-refractivity contribution in [3.8, 4) is 33.4 Å². The van der Waals surface area contributed by atoms with Gasteiger partial charge < -0.3 is 0 Å². The largest absolute Gasteiger partial charge is 0.297 e. The van der Waals surface area contributed by atoms with Gasteiger partial charge in [-0.2, -0.15) is 0 Å². The summed E-state index contributed by atoms with van der Waals surface area (Å²) < 4.78 is 3.52. The van der Waals surface area contributed by atoms with Gasteiger partial charge in [0.15, 0.2) is 0 Å². The molecule has 0 N–H and O–H groups in total. The Kier molecular flexibility index (Phi) is 7.34. The first-order valence-corrected chi connectivity index (χ1v) is 18.9. The topological polar surface area (TPSA) is 29.7 Å². The number of allylic oxidation sites excluding steroid dienone is 2. The summed E-state index contributed by atoms with van der Waals surface area (Å²) in [5, 5.41) is 1.22. The summed E-state index contributed by atoms with van der Waals surface area (Å²) in [6.07, 6.45) is 6.21. The quantitative estimate of drug-likeness (QED) is 0.159. The van der Waals surface area contributed by atoms with E-state index in [2.05, 4.69) is 186 Å². The van der Waals surface area contributed by atoms with Gasteiger partial charge in [0.25, 0.3) is 0 Å². The van der Waals surface area contributed by atoms with Gasteiger partial charge in [-0.3, -0.25) is 9.39 Å². The van der Waals surface area contributed by atoms with Crippen LogP contribution in [0, 0.1) is 0 Å². The summed E-state index contributed by atoms with van der Waals surface area (Å²) in [6, 6.07) is 58.0. The molecule has 0 spiro atoms. The highest BCUT2D eigenvalue weighted by Gasteiger charge is 2.46. The predicted molar refractivity (Wildman–Crippen MR) is 224 cm³/mol. The van der Waals surface area contributed by atoms with E-state index >= 15 is 0 Å². The van der Waals surface area contributed by atoms with E-state index in [1.807, 2.05) is 13.3 Å². The third-order valence-corrected chi connectivity index (χ3v) is 12.1. The molecule has 252 valence electrons. The number of pyridine rings is 1. The molecule has 1 aliphatic carbocycles. The van der Waals surface area contributed by atoms with Crippen LogP contribution >= 0.6 is 11.3 Å². The van der Waals surface area contributed by atoms with Crippen LogP contribution in [0.3, 0.4) is 0 Å². The average Bonchev–Trinajstić information content (AvgIpc) is 3.86. The number of benzene rings is 6. The molecule has 1 aliphatic rings. The molecule has 0 aliphatic heterocycles. The summed E-state index contributed by atoms with van der Waals surface area (Å²) in [5.41, 5.74) is 16.3. The van der Waals surface area contributed by atoms with Crippen molar-refractivity contribution < 1.29 is 0 Å². The Morgan fingerprint density at radius 1 is 0.642 bits per heavy atom. The number of aromatic nitrogens is 2. The molecule has 0 radical (unpaired) electrons. The van der Waals surface area contributed by atoms with Gasteiger partial charge in [-0.1, -0.05) is 121 Å². The Morgan fingerprint density at radius 3 is 2.04 bits per heavy atom. The fourth-order valence-electron chi connectivity index (χ4n) is 8.40. The predicted octanol–water partition coefficient (Wildman–Crippen LogP) is 12.5. The molecule has 0 amide bonds. The van der Waals surface area contributed by atoms with Gasteiger partial charge in [0.2, 0.25) is 0 Å². The van der Waals surface area contributed by atoms with Crippen molar-refractivity contribution in [2.75, 3.05) is 7.05 Å². The Labute approximate surface area is 312 Å². The number of aliphatic imine (C=N–C) groups is 1. The fraction of sp³-hybridized carbons (Fsp3) is 0.0612. The second-order valence-corrected chi connectivity index (χ2v) is 14.9. The zero-order valence-corrected chi connectivity index (χ0v) is 30.3. The lowest BCUT2D eigenvalue weighted by atomic mass is 9.67. The van der Waals surface area contributed by atoms with Crippen molar-refractivity contribution in [2.45, 2.75) is 12.3 Å². The van der Waals surface area contributed by atoms with Crippen LogP contribution in [0.25, 0.3) is 65.0 Å². The van der Waals surface area contributed by atoms with Gasteiger partial charge in [0, 0.05) is 29.5 Å². The van der Waals surface area contributed by atoms with E-state index in [0.29, 0.717) is 0 Å². The van der Waals surface area contributed by atoms with Gasteiger partial charge in [0.05, 0.1) is 5.41 Å². The summed E-state index contributed by atoms with van der Waals surface area (Å²) in [7, 11) is 1.81. The normalized spacial score (nSPS) is 13.7. The minimum absolute atomic E-state index is 0.502. The van der Waals surface area contributed by atoms with Crippen LogP contribution in [0.5, 0.6) is 0 Å². The van der Waals surface area contributed by atoms with Gasteiger partial charge in [-0.25, -0.2) is 4.98 Å². The SMILES string of the molecule is C/N=C\C=C(/C)c1ccc2c(c1)C(c1ccccc1)(c1ccccc1)c1cc(-c3cccc(-c4ccc5nc6c7ccccc7sc6n5c4)c3)ccc1-2. The van der Waals surface area contributed by atoms with E-state index < -0.39 is 5.41 Å². The summed E-state index contributed by atoms with van der Waals surface area (Å²) in [4.78, 5) is 10.4. The lowest BCUT2D eigenvalue weighted by Crippen LogP contribution is -2.28. The third kappa shape index (κ3) is 4.87. The number of fused-ring (bicyclic) bond motifs is 8. The highest BCUT2D eigenvalue weighted by molar-refractivity contribution is 7.25. The molecule has 0 saturated carbocycles. The first-order valence-electron chi connectivity index (χ1n) is 18.0. The molecule has 0 bridgehead atoms. The maximum atomic E-state index is 5.01. The molecule has 3 nitrogen and oxygen atoms in total. The number of thiophene rings is 1. The van der Waals surface area contributed by atoms with E-state index in [0.717, 1.165) is 16.7 Å². The van der Waals surface area contributed by atoms with E-state index in [-0.39, 0.29) is 0 Å². The van der Waals surface area contributed by atoms with Crippen LogP contribution in [0.4, 0.5) is 0 Å². The first kappa shape index (κ1) is 31.4. The van der Waals surface area contributed by atoms with E-state index in [1.165, 1.54) is 76.1 Å². The molecule has 10 rings (SSSR count). The monoisotopic (exact) mass is 697 g/mol. The number of nitrogens with zero attached hydrogens (tertiary/aromatic N) is 3. The third-order valence-electron chi connectivity index (χ3n) is 10.9. The second kappa shape index (κ2) is 12.4. The zero-order valence-electron chi connectivity index (χ0n) is 29.5. The molecular formula is C49H35N3S. The van der Waals surface area contributed by atoms with Crippen molar-refractivity contribution >= 4 is 49.2 Å². The smallest absolute Gasteiger partial charge is 0.138 e. The molecular weight excluding hydrogens is 663 g/mol.